The first-order valence-electron chi connectivity index (χ1n) is 8.24. The van der Waals surface area contributed by atoms with Gasteiger partial charge < -0.3 is 5.32 Å². The van der Waals surface area contributed by atoms with E-state index in [4.69, 9.17) is 0 Å². The first-order chi connectivity index (χ1) is 13.8. The van der Waals surface area contributed by atoms with Gasteiger partial charge in [0.1, 0.15) is 10.8 Å². The molecule has 4 aromatic rings. The van der Waals surface area contributed by atoms with Crippen LogP contribution in [0.1, 0.15) is 21.2 Å². The summed E-state index contributed by atoms with van der Waals surface area (Å²) < 4.78 is 55.5. The Kier molecular flexibility index (Phi) is 4.74. The van der Waals surface area contributed by atoms with Crippen molar-refractivity contribution in [3.8, 4) is 5.69 Å². The van der Waals surface area contributed by atoms with Gasteiger partial charge in [0.15, 0.2) is 11.4 Å². The van der Waals surface area contributed by atoms with Crippen LogP contribution in [0.5, 0.6) is 0 Å². The number of nitrogens with zero attached hydrogens (tertiary/aromatic N) is 4. The molecule has 148 valence electrons. The van der Waals surface area contributed by atoms with E-state index in [2.05, 4.69) is 20.6 Å². The number of rotatable bonds is 4. The molecule has 0 bridgehead atoms. The quantitative estimate of drug-likeness (QED) is 0.506. The Bertz CT molecular complexity index is 1170. The van der Waals surface area contributed by atoms with E-state index in [0.29, 0.717) is 9.69 Å². The van der Waals surface area contributed by atoms with Gasteiger partial charge in [-0.3, -0.25) is 4.79 Å². The monoisotopic (exact) mass is 421 g/mol. The van der Waals surface area contributed by atoms with Crippen LogP contribution in [-0.4, -0.2) is 25.9 Å². The SMILES string of the molecule is O=C(NCc1nc2ccccc2s1)c1nnn(-c2cccc(F)c2)c1C(F)(F)F. The molecule has 0 fully saturated rings. The van der Waals surface area contributed by atoms with E-state index in [1.807, 2.05) is 18.2 Å². The number of thiazole rings is 1. The summed E-state index contributed by atoms with van der Waals surface area (Å²) in [5, 5.41) is 9.71. The second-order valence-electron chi connectivity index (χ2n) is 5.93. The van der Waals surface area contributed by atoms with Crippen LogP contribution in [-0.2, 0) is 12.7 Å². The lowest BCUT2D eigenvalue weighted by atomic mass is 10.2. The topological polar surface area (TPSA) is 72.7 Å². The van der Waals surface area contributed by atoms with E-state index in [-0.39, 0.29) is 12.2 Å². The van der Waals surface area contributed by atoms with Crippen LogP contribution in [0, 0.1) is 5.82 Å². The summed E-state index contributed by atoms with van der Waals surface area (Å²) in [5.74, 6) is -1.80. The first-order valence-corrected chi connectivity index (χ1v) is 9.06. The molecular formula is C18H11F4N5OS. The van der Waals surface area contributed by atoms with Gasteiger partial charge in [-0.15, -0.1) is 16.4 Å². The predicted molar refractivity (Wildman–Crippen MR) is 97.1 cm³/mol. The van der Waals surface area contributed by atoms with Gasteiger partial charge in [-0.1, -0.05) is 23.4 Å². The number of para-hydroxylation sites is 1. The van der Waals surface area contributed by atoms with Gasteiger partial charge in [0.05, 0.1) is 22.4 Å². The lowest BCUT2D eigenvalue weighted by Gasteiger charge is -2.11. The second-order valence-corrected chi connectivity index (χ2v) is 7.05. The molecule has 2 aromatic heterocycles. The Morgan fingerprint density at radius 3 is 2.66 bits per heavy atom. The van der Waals surface area contributed by atoms with Crippen LogP contribution in [0.25, 0.3) is 15.9 Å². The van der Waals surface area contributed by atoms with Gasteiger partial charge in [0.25, 0.3) is 5.91 Å². The number of carbonyl (C=O) groups is 1. The maximum absolute atomic E-state index is 13.6. The lowest BCUT2D eigenvalue weighted by Crippen LogP contribution is -2.27. The third-order valence-corrected chi connectivity index (χ3v) is 4.98. The van der Waals surface area contributed by atoms with E-state index >= 15 is 0 Å². The number of alkyl halides is 3. The van der Waals surface area contributed by atoms with Crippen LogP contribution >= 0.6 is 11.3 Å². The van der Waals surface area contributed by atoms with E-state index in [1.54, 1.807) is 6.07 Å². The van der Waals surface area contributed by atoms with Crippen LogP contribution < -0.4 is 5.32 Å². The summed E-state index contributed by atoms with van der Waals surface area (Å²) in [7, 11) is 0. The second kappa shape index (κ2) is 7.24. The maximum atomic E-state index is 13.6. The van der Waals surface area contributed by atoms with Crippen LogP contribution in [0.2, 0.25) is 0 Å². The fraction of sp³-hybridized carbons (Fsp3) is 0.111. The number of aromatic nitrogens is 4. The van der Waals surface area contributed by atoms with Gasteiger partial charge in [0.2, 0.25) is 0 Å². The summed E-state index contributed by atoms with van der Waals surface area (Å²) in [6.45, 7) is -0.0672. The molecule has 0 unspecified atom stereocenters. The molecule has 11 heteroatoms. The number of halogens is 4. The standard InChI is InChI=1S/C18H11F4N5OS/c19-10-4-3-5-11(8-10)27-16(18(20,21)22)15(25-26-27)17(28)23-9-14-24-12-6-1-2-7-13(12)29-14/h1-8H,9H2,(H,23,28). The van der Waals surface area contributed by atoms with Gasteiger partial charge in [-0.2, -0.15) is 13.2 Å². The smallest absolute Gasteiger partial charge is 0.344 e. The van der Waals surface area contributed by atoms with E-state index < -0.39 is 29.3 Å². The molecule has 29 heavy (non-hydrogen) atoms. The van der Waals surface area contributed by atoms with E-state index in [0.717, 1.165) is 22.3 Å². The number of nitrogens with one attached hydrogen (secondary N) is 1. The number of hydrogen-bond donors (Lipinski definition) is 1. The Hall–Kier alpha value is -3.34. The minimum atomic E-state index is -4.93. The predicted octanol–water partition coefficient (Wildman–Crippen LogP) is 3.96. The minimum absolute atomic E-state index is 0.0672. The Balaban J connectivity index is 1.62. The molecule has 0 saturated carbocycles. The van der Waals surface area contributed by atoms with Crippen molar-refractivity contribution >= 4 is 27.5 Å². The highest BCUT2D eigenvalue weighted by Crippen LogP contribution is 2.33. The van der Waals surface area contributed by atoms with Crippen molar-refractivity contribution in [1.29, 1.82) is 0 Å². The fourth-order valence-electron chi connectivity index (χ4n) is 2.71. The summed E-state index contributed by atoms with van der Waals surface area (Å²) in [5.41, 5.74) is -1.75. The van der Waals surface area contributed by atoms with Crippen molar-refractivity contribution in [2.24, 2.45) is 0 Å². The fourth-order valence-corrected chi connectivity index (χ4v) is 3.62. The summed E-state index contributed by atoms with van der Waals surface area (Å²) in [6, 6.07) is 11.7. The molecule has 0 aliphatic rings. The lowest BCUT2D eigenvalue weighted by molar-refractivity contribution is -0.143. The Labute approximate surface area is 164 Å². The molecule has 1 N–H and O–H groups in total. The van der Waals surface area contributed by atoms with Gasteiger partial charge in [-0.25, -0.2) is 14.1 Å². The molecule has 1 amide bonds. The maximum Gasteiger partial charge on any atom is 0.435 e. The number of carbonyl (C=O) groups excluding carboxylic acids is 1. The molecule has 0 aliphatic heterocycles. The zero-order valence-electron chi connectivity index (χ0n) is 14.4. The van der Waals surface area contributed by atoms with Crippen molar-refractivity contribution in [2.75, 3.05) is 0 Å². The van der Waals surface area contributed by atoms with Gasteiger partial charge >= 0.3 is 6.18 Å². The number of fused-ring (bicyclic) bond motifs is 1. The molecule has 0 atom stereocenters. The van der Waals surface area contributed by atoms with Gasteiger partial charge in [0, 0.05) is 0 Å². The molecule has 2 heterocycles. The zero-order chi connectivity index (χ0) is 20.6. The molecule has 4 rings (SSSR count). The van der Waals surface area contributed by atoms with Gasteiger partial charge in [-0.05, 0) is 30.3 Å². The van der Waals surface area contributed by atoms with Crippen molar-refractivity contribution in [2.45, 2.75) is 12.7 Å². The molecular weight excluding hydrogens is 410 g/mol. The average Bonchev–Trinajstić information content (AvgIpc) is 3.30. The summed E-state index contributed by atoms with van der Waals surface area (Å²) in [4.78, 5) is 16.7. The van der Waals surface area contributed by atoms with Crippen molar-refractivity contribution in [3.63, 3.8) is 0 Å². The van der Waals surface area contributed by atoms with Crippen LogP contribution in [0.3, 0.4) is 0 Å². The zero-order valence-corrected chi connectivity index (χ0v) is 15.3. The average molecular weight is 421 g/mol. The summed E-state index contributed by atoms with van der Waals surface area (Å²) in [6.07, 6.45) is -4.93. The number of hydrogen-bond acceptors (Lipinski definition) is 5. The molecule has 6 nitrogen and oxygen atoms in total. The normalized spacial score (nSPS) is 11.7. The highest BCUT2D eigenvalue weighted by molar-refractivity contribution is 7.18. The summed E-state index contributed by atoms with van der Waals surface area (Å²) >= 11 is 1.32. The van der Waals surface area contributed by atoms with Crippen molar-refractivity contribution in [1.82, 2.24) is 25.3 Å². The Morgan fingerprint density at radius 2 is 1.93 bits per heavy atom. The van der Waals surface area contributed by atoms with Crippen molar-refractivity contribution < 1.29 is 22.4 Å². The first kappa shape index (κ1) is 19.0. The molecule has 0 spiro atoms. The highest BCUT2D eigenvalue weighted by Gasteiger charge is 2.42. The van der Waals surface area contributed by atoms with Crippen LogP contribution in [0.15, 0.2) is 48.5 Å². The van der Waals surface area contributed by atoms with Crippen LogP contribution in [0.4, 0.5) is 17.6 Å². The molecule has 2 aromatic carbocycles. The Morgan fingerprint density at radius 1 is 1.14 bits per heavy atom. The number of benzene rings is 2. The molecule has 0 saturated heterocycles. The third kappa shape index (κ3) is 3.81. The number of amides is 1. The van der Waals surface area contributed by atoms with E-state index in [9.17, 15) is 22.4 Å². The third-order valence-electron chi connectivity index (χ3n) is 3.94. The van der Waals surface area contributed by atoms with Crippen molar-refractivity contribution in [3.05, 3.63) is 70.7 Å². The largest absolute Gasteiger partial charge is 0.435 e. The highest BCUT2D eigenvalue weighted by atomic mass is 32.1. The molecule has 0 radical (unpaired) electrons. The molecule has 0 aliphatic carbocycles. The minimum Gasteiger partial charge on any atom is -0.344 e. The van der Waals surface area contributed by atoms with E-state index in [1.165, 1.54) is 23.5 Å².